The molecule has 0 bridgehead atoms. The Morgan fingerprint density at radius 1 is 1.34 bits per heavy atom. The van der Waals surface area contributed by atoms with E-state index < -0.39 is 42.1 Å². The van der Waals surface area contributed by atoms with E-state index in [1.165, 1.54) is 4.90 Å². The van der Waals surface area contributed by atoms with Gasteiger partial charge in [-0.3, -0.25) is 4.79 Å². The molecule has 0 saturated carbocycles. The number of nitrogens with one attached hydrogen (secondary N) is 2. The van der Waals surface area contributed by atoms with Gasteiger partial charge in [-0.25, -0.2) is 9.98 Å². The Morgan fingerprint density at radius 2 is 2.09 bits per heavy atom. The maximum absolute atomic E-state index is 13.2. The standard InChI is InChI=1S/C20H27N7O5/c1-18(2)8-32-13-9(4-3-5-10(13)18)15(29)24-12-6-27-17(22)23-11(7-28)14-19(27,20(12,30)31)26-16(21)25-14/h3-5,11-12,14,28,30-31H,6-8H2,1-2H3,(H2,22,23)(H,24,29)(H3,21,25,26)/t11-,12-,14-,19-/m0/s1. The molecule has 32 heavy (non-hydrogen) atoms. The Morgan fingerprint density at radius 3 is 2.81 bits per heavy atom. The van der Waals surface area contributed by atoms with Gasteiger partial charge in [0.2, 0.25) is 5.79 Å². The van der Waals surface area contributed by atoms with Crippen molar-refractivity contribution in [3.63, 3.8) is 0 Å². The minimum atomic E-state index is -2.55. The van der Waals surface area contributed by atoms with Crippen LogP contribution in [0.5, 0.6) is 5.75 Å². The van der Waals surface area contributed by atoms with Crippen LogP contribution in [0.4, 0.5) is 0 Å². The number of nitrogens with two attached hydrogens (primary N) is 2. The fraction of sp³-hybridized carbons (Fsp3) is 0.550. The van der Waals surface area contributed by atoms with Crippen LogP contribution in [0.15, 0.2) is 28.2 Å². The molecule has 1 saturated heterocycles. The molecule has 0 aliphatic carbocycles. The van der Waals surface area contributed by atoms with Crippen LogP contribution < -0.4 is 26.8 Å². The highest BCUT2D eigenvalue weighted by atomic mass is 16.5. The van der Waals surface area contributed by atoms with Crippen molar-refractivity contribution in [2.75, 3.05) is 19.8 Å². The van der Waals surface area contributed by atoms with Crippen molar-refractivity contribution in [2.24, 2.45) is 21.5 Å². The summed E-state index contributed by atoms with van der Waals surface area (Å²) in [5, 5.41) is 37.9. The van der Waals surface area contributed by atoms with E-state index in [0.717, 1.165) is 5.56 Å². The highest BCUT2D eigenvalue weighted by Crippen LogP contribution is 2.45. The lowest BCUT2D eigenvalue weighted by atomic mass is 9.85. The number of guanidine groups is 2. The summed E-state index contributed by atoms with van der Waals surface area (Å²) in [5.74, 6) is -2.65. The van der Waals surface area contributed by atoms with Gasteiger partial charge >= 0.3 is 0 Å². The number of carbonyl (C=O) groups is 1. The Kier molecular flexibility index (Phi) is 4.20. The van der Waals surface area contributed by atoms with Gasteiger partial charge in [-0.05, 0) is 6.07 Å². The largest absolute Gasteiger partial charge is 0.492 e. The molecule has 1 aromatic rings. The van der Waals surface area contributed by atoms with E-state index in [1.807, 2.05) is 19.9 Å². The Balaban J connectivity index is 1.48. The number of aliphatic hydroxyl groups excluding tert-OH is 1. The maximum Gasteiger partial charge on any atom is 0.255 e. The fourth-order valence-corrected chi connectivity index (χ4v) is 5.21. The predicted octanol–water partition coefficient (Wildman–Crippen LogP) is -2.88. The third kappa shape index (κ3) is 2.51. The van der Waals surface area contributed by atoms with E-state index in [0.29, 0.717) is 17.9 Å². The number of hydrogen-bond acceptors (Lipinski definition) is 11. The minimum absolute atomic E-state index is 0.0207. The van der Waals surface area contributed by atoms with E-state index in [2.05, 4.69) is 20.6 Å². The van der Waals surface area contributed by atoms with E-state index in [-0.39, 0.29) is 23.9 Å². The summed E-state index contributed by atoms with van der Waals surface area (Å²) in [4.78, 5) is 23.1. The van der Waals surface area contributed by atoms with Crippen molar-refractivity contribution < 1.29 is 24.9 Å². The van der Waals surface area contributed by atoms with Gasteiger partial charge in [-0.2, -0.15) is 0 Å². The monoisotopic (exact) mass is 445 g/mol. The molecule has 4 aliphatic heterocycles. The molecule has 4 atom stereocenters. The van der Waals surface area contributed by atoms with Gasteiger partial charge in [0.25, 0.3) is 5.91 Å². The lowest BCUT2D eigenvalue weighted by Gasteiger charge is -2.48. The van der Waals surface area contributed by atoms with E-state index in [4.69, 9.17) is 16.2 Å². The number of carbonyl (C=O) groups excluding carboxylic acids is 1. The second-order valence-corrected chi connectivity index (χ2v) is 9.31. The first-order valence-electron chi connectivity index (χ1n) is 10.4. The van der Waals surface area contributed by atoms with Gasteiger partial charge in [-0.15, -0.1) is 0 Å². The first kappa shape index (κ1) is 20.8. The first-order chi connectivity index (χ1) is 15.0. The zero-order chi connectivity index (χ0) is 23.1. The van der Waals surface area contributed by atoms with Crippen molar-refractivity contribution in [3.8, 4) is 5.75 Å². The SMILES string of the molecule is CC1(C)COc2c(C(=O)N[C@H]3CN4C(N)=N[C@@H](CO)[C@@H]5N=C(N)N[C@@]54C3(O)O)cccc21. The lowest BCUT2D eigenvalue weighted by Crippen LogP contribution is -2.78. The average Bonchev–Trinajstić information content (AvgIpc) is 3.32. The molecular formula is C20H27N7O5. The molecule has 0 aromatic heterocycles. The minimum Gasteiger partial charge on any atom is -0.492 e. The van der Waals surface area contributed by atoms with Crippen LogP contribution in [0, 0.1) is 0 Å². The van der Waals surface area contributed by atoms with Gasteiger partial charge in [0.1, 0.15) is 23.9 Å². The molecule has 1 aromatic carbocycles. The number of rotatable bonds is 3. The summed E-state index contributed by atoms with van der Waals surface area (Å²) in [5.41, 5.74) is 11.2. The number of aliphatic imine (C=N–C) groups is 2. The van der Waals surface area contributed by atoms with Crippen LogP contribution in [0.2, 0.25) is 0 Å². The van der Waals surface area contributed by atoms with Crippen molar-refractivity contribution in [1.29, 1.82) is 0 Å². The van der Waals surface area contributed by atoms with Crippen molar-refractivity contribution in [1.82, 2.24) is 15.5 Å². The molecule has 0 radical (unpaired) electrons. The first-order valence-corrected chi connectivity index (χ1v) is 10.4. The third-order valence-corrected chi connectivity index (χ3v) is 6.86. The van der Waals surface area contributed by atoms with Gasteiger partial charge in [0.05, 0.1) is 18.8 Å². The second-order valence-electron chi connectivity index (χ2n) is 9.31. The number of benzene rings is 1. The molecular weight excluding hydrogens is 418 g/mol. The molecule has 1 fully saturated rings. The van der Waals surface area contributed by atoms with Crippen LogP contribution in [0.1, 0.15) is 29.8 Å². The lowest BCUT2D eigenvalue weighted by molar-refractivity contribution is -0.231. The smallest absolute Gasteiger partial charge is 0.255 e. The van der Waals surface area contributed by atoms with Crippen LogP contribution in [0.25, 0.3) is 0 Å². The molecule has 172 valence electrons. The second kappa shape index (κ2) is 6.47. The van der Waals surface area contributed by atoms with Crippen molar-refractivity contribution in [2.45, 2.75) is 48.8 Å². The molecule has 4 heterocycles. The summed E-state index contributed by atoms with van der Waals surface area (Å²) in [6.45, 7) is 4.00. The Hall–Kier alpha value is -3.09. The fourth-order valence-electron chi connectivity index (χ4n) is 5.21. The number of hydrogen-bond donors (Lipinski definition) is 7. The van der Waals surface area contributed by atoms with Gasteiger partial charge in [-0.1, -0.05) is 26.0 Å². The normalized spacial score (nSPS) is 33.3. The summed E-state index contributed by atoms with van der Waals surface area (Å²) >= 11 is 0. The van der Waals surface area contributed by atoms with E-state index >= 15 is 0 Å². The Labute approximate surface area is 184 Å². The zero-order valence-electron chi connectivity index (χ0n) is 17.7. The number of amides is 1. The van der Waals surface area contributed by atoms with Crippen LogP contribution in [-0.4, -0.2) is 87.4 Å². The third-order valence-electron chi connectivity index (χ3n) is 6.86. The van der Waals surface area contributed by atoms with Crippen molar-refractivity contribution in [3.05, 3.63) is 29.3 Å². The number of fused-ring (bicyclic) bond motifs is 1. The van der Waals surface area contributed by atoms with Gasteiger partial charge < -0.3 is 47.1 Å². The highest BCUT2D eigenvalue weighted by molar-refractivity contribution is 5.98. The molecule has 0 unspecified atom stereocenters. The topological polar surface area (TPSA) is 191 Å². The predicted molar refractivity (Wildman–Crippen MR) is 114 cm³/mol. The summed E-state index contributed by atoms with van der Waals surface area (Å²) < 4.78 is 5.79. The summed E-state index contributed by atoms with van der Waals surface area (Å²) in [6.07, 6.45) is 0. The van der Waals surface area contributed by atoms with Crippen LogP contribution in [-0.2, 0) is 5.41 Å². The average molecular weight is 445 g/mol. The molecule has 4 aliphatic rings. The Bertz CT molecular complexity index is 1050. The summed E-state index contributed by atoms with van der Waals surface area (Å²) in [6, 6.07) is 2.37. The quantitative estimate of drug-likeness (QED) is 0.240. The molecule has 9 N–H and O–H groups in total. The van der Waals surface area contributed by atoms with Crippen LogP contribution in [0.3, 0.4) is 0 Å². The highest BCUT2D eigenvalue weighted by Gasteiger charge is 2.73. The molecule has 1 amide bonds. The molecule has 12 heteroatoms. The van der Waals surface area contributed by atoms with E-state index in [9.17, 15) is 20.1 Å². The maximum atomic E-state index is 13.2. The number of para-hydroxylation sites is 1. The van der Waals surface area contributed by atoms with Gasteiger partial charge in [0.15, 0.2) is 17.6 Å². The molecule has 5 rings (SSSR count). The van der Waals surface area contributed by atoms with E-state index in [1.54, 1.807) is 12.1 Å². The molecule has 1 spiro atoms. The summed E-state index contributed by atoms with van der Waals surface area (Å²) in [7, 11) is 0. The zero-order valence-corrected chi connectivity index (χ0v) is 17.7. The van der Waals surface area contributed by atoms with Crippen LogP contribution >= 0.6 is 0 Å². The number of aliphatic hydroxyl groups is 3. The van der Waals surface area contributed by atoms with Crippen molar-refractivity contribution >= 4 is 17.8 Å². The molecule has 12 nitrogen and oxygen atoms in total. The van der Waals surface area contributed by atoms with Gasteiger partial charge in [0, 0.05) is 17.5 Å². The number of nitrogens with zero attached hydrogens (tertiary/aromatic N) is 3. The number of ether oxygens (including phenoxy) is 1.